The summed E-state index contributed by atoms with van der Waals surface area (Å²) in [5.74, 6) is 0.348. The molecule has 1 aliphatic carbocycles. The van der Waals surface area contributed by atoms with Gasteiger partial charge in [-0.1, -0.05) is 36.0 Å². The molecule has 0 bridgehead atoms. The van der Waals surface area contributed by atoms with Crippen molar-refractivity contribution in [3.63, 3.8) is 0 Å². The van der Waals surface area contributed by atoms with Crippen LogP contribution in [0.5, 0.6) is 0 Å². The van der Waals surface area contributed by atoms with E-state index >= 15 is 0 Å². The molecule has 1 unspecified atom stereocenters. The van der Waals surface area contributed by atoms with Crippen LogP contribution in [0.3, 0.4) is 0 Å². The molecule has 122 valence electrons. The summed E-state index contributed by atoms with van der Waals surface area (Å²) in [5, 5.41) is 15.4. The molecule has 7 heteroatoms. The zero-order valence-corrected chi connectivity index (χ0v) is 14.2. The van der Waals surface area contributed by atoms with Gasteiger partial charge in [-0.05, 0) is 54.7 Å². The first-order chi connectivity index (χ1) is 11.1. The number of aromatic nitrogens is 4. The van der Waals surface area contributed by atoms with Crippen LogP contribution in [0.4, 0.5) is 0 Å². The standard InChI is InChI=1S/C16H21N5OS/c1-11(2)21-16(18-19-20-21)23-10-15(22)17-14-9-5-7-12-6-3-4-8-13(12)14/h3-4,6,8,11,14H,5,7,9-10H2,1-2H3,(H,17,22). The summed E-state index contributed by atoms with van der Waals surface area (Å²) in [4.78, 5) is 12.3. The Morgan fingerprint density at radius 1 is 1.43 bits per heavy atom. The zero-order chi connectivity index (χ0) is 16.2. The van der Waals surface area contributed by atoms with E-state index in [1.807, 2.05) is 19.9 Å². The van der Waals surface area contributed by atoms with Gasteiger partial charge in [0.25, 0.3) is 0 Å². The molecule has 1 N–H and O–H groups in total. The molecule has 0 radical (unpaired) electrons. The third-order valence-corrected chi connectivity index (χ3v) is 4.92. The van der Waals surface area contributed by atoms with Crippen LogP contribution in [0.1, 0.15) is 49.9 Å². The molecule has 23 heavy (non-hydrogen) atoms. The molecule has 6 nitrogen and oxygen atoms in total. The van der Waals surface area contributed by atoms with Gasteiger partial charge in [0.05, 0.1) is 17.8 Å². The normalized spacial score (nSPS) is 17.1. The molecule has 0 fully saturated rings. The Bertz CT molecular complexity index is 685. The fourth-order valence-electron chi connectivity index (χ4n) is 2.87. The van der Waals surface area contributed by atoms with E-state index in [0.29, 0.717) is 10.9 Å². The number of thioether (sulfide) groups is 1. The lowest BCUT2D eigenvalue weighted by Gasteiger charge is -2.26. The second-order valence-electron chi connectivity index (χ2n) is 6.00. The van der Waals surface area contributed by atoms with Crippen molar-refractivity contribution >= 4 is 17.7 Å². The molecule has 2 aromatic rings. The number of hydrogen-bond acceptors (Lipinski definition) is 5. The summed E-state index contributed by atoms with van der Waals surface area (Å²) < 4.78 is 1.73. The van der Waals surface area contributed by atoms with Crippen LogP contribution < -0.4 is 5.32 Å². The van der Waals surface area contributed by atoms with Crippen LogP contribution in [0, 0.1) is 0 Å². The summed E-state index contributed by atoms with van der Waals surface area (Å²) >= 11 is 1.37. The quantitative estimate of drug-likeness (QED) is 0.852. The maximum absolute atomic E-state index is 12.3. The van der Waals surface area contributed by atoms with E-state index in [9.17, 15) is 4.79 Å². The summed E-state index contributed by atoms with van der Waals surface area (Å²) in [6.07, 6.45) is 3.21. The van der Waals surface area contributed by atoms with Crippen LogP contribution in [-0.4, -0.2) is 31.9 Å². The largest absolute Gasteiger partial charge is 0.349 e. The molecule has 1 heterocycles. The zero-order valence-electron chi connectivity index (χ0n) is 13.4. The van der Waals surface area contributed by atoms with Crippen molar-refractivity contribution in [3.8, 4) is 0 Å². The molecule has 1 aromatic heterocycles. The van der Waals surface area contributed by atoms with E-state index < -0.39 is 0 Å². The van der Waals surface area contributed by atoms with Crippen molar-refractivity contribution in [1.82, 2.24) is 25.5 Å². The van der Waals surface area contributed by atoms with Crippen molar-refractivity contribution in [2.45, 2.75) is 50.4 Å². The highest BCUT2D eigenvalue weighted by Gasteiger charge is 2.21. The molecule has 0 saturated heterocycles. The highest BCUT2D eigenvalue weighted by atomic mass is 32.2. The van der Waals surface area contributed by atoms with E-state index in [-0.39, 0.29) is 18.0 Å². The summed E-state index contributed by atoms with van der Waals surface area (Å²) in [6.45, 7) is 4.03. The predicted molar refractivity (Wildman–Crippen MR) is 89.2 cm³/mol. The van der Waals surface area contributed by atoms with Gasteiger partial charge < -0.3 is 5.32 Å². The Morgan fingerprint density at radius 3 is 3.09 bits per heavy atom. The fraction of sp³-hybridized carbons (Fsp3) is 0.500. The average Bonchev–Trinajstić information content (AvgIpc) is 3.02. The molecule has 0 aliphatic heterocycles. The molecule has 1 amide bonds. The van der Waals surface area contributed by atoms with E-state index in [2.05, 4.69) is 39.0 Å². The molecular formula is C16H21N5OS. The molecule has 1 atom stereocenters. The number of hydrogen-bond donors (Lipinski definition) is 1. The lowest BCUT2D eigenvalue weighted by Crippen LogP contribution is -2.32. The van der Waals surface area contributed by atoms with Gasteiger partial charge in [0.1, 0.15) is 0 Å². The average molecular weight is 331 g/mol. The first-order valence-electron chi connectivity index (χ1n) is 7.93. The van der Waals surface area contributed by atoms with Crippen LogP contribution in [0.15, 0.2) is 29.4 Å². The monoisotopic (exact) mass is 331 g/mol. The second kappa shape index (κ2) is 7.12. The number of carbonyl (C=O) groups is 1. The van der Waals surface area contributed by atoms with Gasteiger partial charge in [-0.3, -0.25) is 4.79 Å². The van der Waals surface area contributed by atoms with Crippen molar-refractivity contribution in [3.05, 3.63) is 35.4 Å². The molecule has 1 aliphatic rings. The van der Waals surface area contributed by atoms with Crippen LogP contribution in [-0.2, 0) is 11.2 Å². The molecule has 1 aromatic carbocycles. The van der Waals surface area contributed by atoms with E-state index in [1.165, 1.54) is 22.9 Å². The lowest BCUT2D eigenvalue weighted by molar-refractivity contribution is -0.119. The smallest absolute Gasteiger partial charge is 0.230 e. The van der Waals surface area contributed by atoms with Gasteiger partial charge in [-0.25, -0.2) is 4.68 Å². The van der Waals surface area contributed by atoms with Gasteiger partial charge in [-0.2, -0.15) is 0 Å². The molecule has 0 saturated carbocycles. The van der Waals surface area contributed by atoms with Crippen molar-refractivity contribution in [2.24, 2.45) is 0 Å². The number of nitrogens with one attached hydrogen (secondary N) is 1. The third-order valence-electron chi connectivity index (χ3n) is 3.99. The molecule has 3 rings (SSSR count). The first kappa shape index (κ1) is 16.0. The molecule has 0 spiro atoms. The lowest BCUT2D eigenvalue weighted by atomic mass is 9.88. The van der Waals surface area contributed by atoms with E-state index in [0.717, 1.165) is 19.3 Å². The number of tetrazole rings is 1. The Labute approximate surface area is 140 Å². The number of carbonyl (C=O) groups excluding carboxylic acids is 1. The van der Waals surface area contributed by atoms with E-state index in [4.69, 9.17) is 0 Å². The van der Waals surface area contributed by atoms with Crippen LogP contribution in [0.2, 0.25) is 0 Å². The highest BCUT2D eigenvalue weighted by Crippen LogP contribution is 2.29. The summed E-state index contributed by atoms with van der Waals surface area (Å²) in [6, 6.07) is 8.67. The third kappa shape index (κ3) is 3.72. The van der Waals surface area contributed by atoms with Crippen LogP contribution in [0.25, 0.3) is 0 Å². The topological polar surface area (TPSA) is 72.7 Å². The van der Waals surface area contributed by atoms with E-state index in [1.54, 1.807) is 4.68 Å². The number of benzene rings is 1. The van der Waals surface area contributed by atoms with Gasteiger partial charge in [0, 0.05) is 0 Å². The minimum atomic E-state index is 0.0232. The fourth-order valence-corrected chi connectivity index (χ4v) is 3.69. The second-order valence-corrected chi connectivity index (χ2v) is 6.94. The Morgan fingerprint density at radius 2 is 2.26 bits per heavy atom. The Kier molecular flexibility index (Phi) is 4.95. The minimum Gasteiger partial charge on any atom is -0.349 e. The maximum atomic E-state index is 12.3. The minimum absolute atomic E-state index is 0.0232. The van der Waals surface area contributed by atoms with Crippen molar-refractivity contribution < 1.29 is 4.79 Å². The number of fused-ring (bicyclic) bond motifs is 1. The SMILES string of the molecule is CC(C)n1nnnc1SCC(=O)NC1CCCc2ccccc21. The van der Waals surface area contributed by atoms with Crippen LogP contribution >= 0.6 is 11.8 Å². The Hall–Kier alpha value is -1.89. The summed E-state index contributed by atoms with van der Waals surface area (Å²) in [7, 11) is 0. The highest BCUT2D eigenvalue weighted by molar-refractivity contribution is 7.99. The first-order valence-corrected chi connectivity index (χ1v) is 8.91. The number of aryl methyl sites for hydroxylation is 1. The van der Waals surface area contributed by atoms with Crippen molar-refractivity contribution in [2.75, 3.05) is 5.75 Å². The number of amides is 1. The number of rotatable bonds is 5. The van der Waals surface area contributed by atoms with Crippen molar-refractivity contribution in [1.29, 1.82) is 0 Å². The maximum Gasteiger partial charge on any atom is 0.230 e. The summed E-state index contributed by atoms with van der Waals surface area (Å²) in [5.41, 5.74) is 2.60. The van der Waals surface area contributed by atoms with Gasteiger partial charge in [0.2, 0.25) is 11.1 Å². The van der Waals surface area contributed by atoms with Gasteiger partial charge in [-0.15, -0.1) is 5.10 Å². The Balaban J connectivity index is 1.59. The number of nitrogens with zero attached hydrogens (tertiary/aromatic N) is 4. The van der Waals surface area contributed by atoms with Gasteiger partial charge in [0.15, 0.2) is 0 Å². The van der Waals surface area contributed by atoms with Gasteiger partial charge >= 0.3 is 0 Å². The molecular weight excluding hydrogens is 310 g/mol. The predicted octanol–water partition coefficient (Wildman–Crippen LogP) is 2.54.